The van der Waals surface area contributed by atoms with Crippen LogP contribution in [-0.4, -0.2) is 23.9 Å². The van der Waals surface area contributed by atoms with E-state index in [1.54, 1.807) is 0 Å². The van der Waals surface area contributed by atoms with Gasteiger partial charge in [0.15, 0.2) is 0 Å². The van der Waals surface area contributed by atoms with Gasteiger partial charge in [-0.2, -0.15) is 0 Å². The van der Waals surface area contributed by atoms with Crippen LogP contribution < -0.4 is 0 Å². The van der Waals surface area contributed by atoms with E-state index < -0.39 is 0 Å². The molecule has 0 aliphatic carbocycles. The molecule has 0 heterocycles. The van der Waals surface area contributed by atoms with Crippen LogP contribution >= 0.6 is 7.93 Å². The summed E-state index contributed by atoms with van der Waals surface area (Å²) in [7, 11) is 1.98. The van der Waals surface area contributed by atoms with E-state index in [0.29, 0.717) is 0 Å². The van der Waals surface area contributed by atoms with Crippen LogP contribution in [0.5, 0.6) is 0 Å². The van der Waals surface area contributed by atoms with Crippen molar-refractivity contribution in [2.75, 3.05) is 0 Å². The molecule has 0 saturated carbocycles. The van der Waals surface area contributed by atoms with Gasteiger partial charge in [-0.05, 0) is 0 Å². The second-order valence-corrected chi connectivity index (χ2v) is 0. The molecule has 0 saturated heterocycles. The summed E-state index contributed by atoms with van der Waals surface area (Å²) in [5.74, 6) is 0. The van der Waals surface area contributed by atoms with Crippen molar-refractivity contribution >= 4 is 31.8 Å². The van der Waals surface area contributed by atoms with Crippen LogP contribution in [0.15, 0.2) is 0 Å². The summed E-state index contributed by atoms with van der Waals surface area (Å²) in [4.78, 5) is 0. The van der Waals surface area contributed by atoms with Crippen molar-refractivity contribution in [2.45, 2.75) is 0 Å². The second kappa shape index (κ2) is 18.8. The van der Waals surface area contributed by atoms with Gasteiger partial charge in [0.1, 0.15) is 0 Å². The van der Waals surface area contributed by atoms with E-state index in [2.05, 4.69) is 15.6 Å². The first kappa shape index (κ1) is 16.3. The fourth-order valence-corrected chi connectivity index (χ4v) is 0. The molecule has 1 unspecified atom stereocenters. The van der Waals surface area contributed by atoms with Gasteiger partial charge in [-0.25, -0.2) is 0 Å². The van der Waals surface area contributed by atoms with Crippen molar-refractivity contribution in [3.05, 3.63) is 0 Å². The monoisotopic (exact) mass is 278 g/mol. The van der Waals surface area contributed by atoms with Crippen LogP contribution in [0, 0.1) is 0 Å². The molecule has 0 aliphatic heterocycles. The van der Waals surface area contributed by atoms with Gasteiger partial charge in [-0.15, -0.1) is 0 Å². The predicted molar refractivity (Wildman–Crippen MR) is 21.0 cm³/mol. The van der Waals surface area contributed by atoms with Crippen LogP contribution in [0.2, 0.25) is 0 Å². The van der Waals surface area contributed by atoms with Crippen LogP contribution in [0.3, 0.4) is 0 Å². The van der Waals surface area contributed by atoms with Crippen molar-refractivity contribution in [2.24, 2.45) is 0 Å². The molecule has 4 heteroatoms. The molecule has 0 aliphatic rings. The third-order valence-electron chi connectivity index (χ3n) is 0. The number of hydrogen-bond donors (Lipinski definition) is 0. The summed E-state index contributed by atoms with van der Waals surface area (Å²) in [6.45, 7) is 0. The summed E-state index contributed by atoms with van der Waals surface area (Å²) < 4.78 is 0. The van der Waals surface area contributed by atoms with Crippen molar-refractivity contribution < 1.29 is 32.1 Å². The van der Waals surface area contributed by atoms with Gasteiger partial charge in [0, 0.05) is 16.5 Å². The van der Waals surface area contributed by atoms with E-state index in [-0.39, 0.29) is 40.4 Å². The van der Waals surface area contributed by atoms with Crippen LogP contribution in [0.4, 0.5) is 0 Å². The molecule has 0 aromatic carbocycles. The summed E-state index contributed by atoms with van der Waals surface area (Å²) in [6, 6.07) is 0. The summed E-state index contributed by atoms with van der Waals surface area (Å²) in [5.41, 5.74) is 0. The van der Waals surface area contributed by atoms with Gasteiger partial charge in [-0.1, -0.05) is 0 Å². The quantitative estimate of drug-likeness (QED) is 0.388. The normalized spacial score (nSPS) is 1.75. The van der Waals surface area contributed by atoms with Crippen LogP contribution in [0.1, 0.15) is 0 Å². The Kier molecular flexibility index (Phi) is 76.6. The van der Waals surface area contributed by atoms with Crippen LogP contribution in [-0.2, 0) is 32.1 Å². The van der Waals surface area contributed by atoms with Gasteiger partial charge in [0.2, 0.25) is 0 Å². The van der Waals surface area contributed by atoms with Crippen molar-refractivity contribution in [3.63, 3.8) is 0 Å². The summed E-state index contributed by atoms with van der Waals surface area (Å²) >= 11 is 4.10. The Labute approximate surface area is 63.4 Å². The first-order valence-corrected chi connectivity index (χ1v) is 2.15. The molecule has 0 fully saturated rings. The summed E-state index contributed by atoms with van der Waals surface area (Å²) in [6.07, 6.45) is 0. The fraction of sp³-hybridized carbons (Fsp3) is 0. The van der Waals surface area contributed by atoms with Crippen molar-refractivity contribution in [1.29, 1.82) is 0 Å². The van der Waals surface area contributed by atoms with Crippen molar-refractivity contribution in [1.82, 2.24) is 0 Å². The Hall–Kier alpha value is 2.24. The molecular weight excluding hydrogens is 272 g/mol. The van der Waals surface area contributed by atoms with Crippen LogP contribution in [0.25, 0.3) is 0 Å². The molecule has 0 radical (unpaired) electrons. The molecule has 1 atom stereocenters. The fourth-order valence-electron chi connectivity index (χ4n) is 0. The van der Waals surface area contributed by atoms with E-state index in [4.69, 9.17) is 0 Å². The molecule has 0 amide bonds. The number of rotatable bonds is 0. The Morgan fingerprint density at radius 1 is 1.25 bits per heavy atom. The molecular formula is H6CuNiPSn. The Bertz CT molecular complexity index is 8.00. The zero-order valence-electron chi connectivity index (χ0n) is 1.20. The maximum absolute atomic E-state index is 4.10. The molecule has 0 nitrogen and oxygen atoms in total. The number of hydrogen-bond acceptors (Lipinski definition) is 0. The maximum atomic E-state index is 4.10. The molecule has 36 valence electrons. The third-order valence-corrected chi connectivity index (χ3v) is 0. The van der Waals surface area contributed by atoms with Gasteiger partial charge < -0.3 is 0 Å². The van der Waals surface area contributed by atoms with Gasteiger partial charge >= 0.3 is 47.4 Å². The minimum absolute atomic E-state index is 0. The second-order valence-electron chi connectivity index (χ2n) is 0. The van der Waals surface area contributed by atoms with Gasteiger partial charge in [-0.3, -0.25) is 0 Å². The van der Waals surface area contributed by atoms with E-state index in [0.717, 1.165) is 0 Å². The third kappa shape index (κ3) is 8.87. The average Bonchev–Trinajstić information content (AvgIpc) is 1.00. The Morgan fingerprint density at radius 3 is 1.25 bits per heavy atom. The zero-order valence-corrected chi connectivity index (χ0v) is 4.28. The topological polar surface area (TPSA) is 0 Å². The van der Waals surface area contributed by atoms with Gasteiger partial charge in [0.05, 0.1) is 0 Å². The molecule has 0 N–H and O–H groups in total. The average molecular weight is 278 g/mol. The minimum atomic E-state index is 0. The molecule has 0 spiro atoms. The Balaban J connectivity index is -0.00000000500. The molecule has 0 rings (SSSR count). The van der Waals surface area contributed by atoms with Crippen molar-refractivity contribution in [3.8, 4) is 0 Å². The molecule has 4 heavy (non-hydrogen) atoms. The van der Waals surface area contributed by atoms with E-state index >= 15 is 0 Å². The van der Waals surface area contributed by atoms with E-state index in [1.165, 1.54) is 0 Å². The summed E-state index contributed by atoms with van der Waals surface area (Å²) in [5, 5.41) is 0. The predicted octanol–water partition coefficient (Wildman–Crippen LogP) is -1.13. The van der Waals surface area contributed by atoms with Gasteiger partial charge in [0.25, 0.3) is 0 Å². The first-order chi connectivity index (χ1) is 1.00. The standard InChI is InChI=1S/Cu.Ni.H2P.Sn.4H/h;;1H2;;;;;/q+1;;-1;;;;;. The first-order valence-electron chi connectivity index (χ1n) is 0.174. The van der Waals surface area contributed by atoms with E-state index in [9.17, 15) is 0 Å². The molecule has 0 aromatic heterocycles. The SMILES string of the molecule is [Ni].[PH2][Cu].[SnH4]. The molecule has 0 aromatic rings. The zero-order chi connectivity index (χ0) is 2.00. The van der Waals surface area contributed by atoms with E-state index in [1.807, 2.05) is 7.93 Å². The molecule has 0 bridgehead atoms. The Morgan fingerprint density at radius 2 is 1.25 bits per heavy atom.